The summed E-state index contributed by atoms with van der Waals surface area (Å²) in [5.41, 5.74) is 4.54. The first kappa shape index (κ1) is 23.4. The van der Waals surface area contributed by atoms with Crippen LogP contribution in [0.3, 0.4) is 0 Å². The molecule has 5 aromatic rings. The molecule has 0 amide bonds. The lowest BCUT2D eigenvalue weighted by Crippen LogP contribution is -2.26. The van der Waals surface area contributed by atoms with Gasteiger partial charge in [-0.2, -0.15) is 5.10 Å². The molecule has 1 N–H and O–H groups in total. The second-order valence-corrected chi connectivity index (χ2v) is 9.02. The van der Waals surface area contributed by atoms with Gasteiger partial charge in [0.05, 0.1) is 18.4 Å². The molecule has 4 aromatic heterocycles. The van der Waals surface area contributed by atoms with Gasteiger partial charge in [-0.3, -0.25) is 14.1 Å². The van der Waals surface area contributed by atoms with Crippen LogP contribution >= 0.6 is 0 Å². The molecule has 0 aliphatic heterocycles. The first-order chi connectivity index (χ1) is 17.6. The molecule has 0 spiro atoms. The number of hydrogen-bond acceptors (Lipinski definition) is 6. The van der Waals surface area contributed by atoms with Crippen LogP contribution in [0.2, 0.25) is 0 Å². The molecular weight excluding hydrogens is 454 g/mol. The number of nitrogens with one attached hydrogen (secondary N) is 1. The van der Waals surface area contributed by atoms with Gasteiger partial charge in [0.25, 0.3) is 0 Å². The number of aromatic nitrogens is 9. The largest absolute Gasteiger partial charge is 0.334 e. The van der Waals surface area contributed by atoms with Gasteiger partial charge in [-0.05, 0) is 48.7 Å². The van der Waals surface area contributed by atoms with Crippen molar-refractivity contribution in [1.29, 1.82) is 0 Å². The topological polar surface area (TPSA) is 112 Å². The van der Waals surface area contributed by atoms with Gasteiger partial charge < -0.3 is 0 Å². The first-order valence-corrected chi connectivity index (χ1v) is 12.2. The average Bonchev–Trinajstić information content (AvgIpc) is 3.65. The Kier molecular flexibility index (Phi) is 6.57. The van der Waals surface area contributed by atoms with E-state index in [1.807, 2.05) is 64.1 Å². The van der Waals surface area contributed by atoms with Crippen LogP contribution in [0.1, 0.15) is 51.0 Å². The van der Waals surface area contributed by atoms with E-state index in [1.54, 1.807) is 10.8 Å². The van der Waals surface area contributed by atoms with Crippen LogP contribution in [0.15, 0.2) is 65.8 Å². The highest BCUT2D eigenvalue weighted by Gasteiger charge is 2.17. The standard InChI is InChI=1S/C26H29N9O/c1-4-5-8-21-17-34(24-13-14-28-35(24)18(2)3)26(36)33(21)16-20-12-11-19(15-27-20)22-9-6-7-10-23(22)25-29-31-32-30-25/h6-7,9-15,17-18H,4-5,8,16H2,1-3H3,(H,29,30,31,32). The molecule has 4 heterocycles. The summed E-state index contributed by atoms with van der Waals surface area (Å²) < 4.78 is 5.39. The minimum atomic E-state index is -0.0856. The number of rotatable bonds is 9. The van der Waals surface area contributed by atoms with Gasteiger partial charge in [0.1, 0.15) is 5.82 Å². The van der Waals surface area contributed by atoms with Crippen LogP contribution in [-0.2, 0) is 13.0 Å². The maximum atomic E-state index is 13.5. The lowest BCUT2D eigenvalue weighted by Gasteiger charge is -2.10. The monoisotopic (exact) mass is 483 g/mol. The van der Waals surface area contributed by atoms with E-state index in [9.17, 15) is 4.79 Å². The fourth-order valence-electron chi connectivity index (χ4n) is 4.37. The molecule has 0 aliphatic rings. The molecule has 0 fully saturated rings. The molecule has 10 heteroatoms. The molecule has 184 valence electrons. The van der Waals surface area contributed by atoms with Gasteiger partial charge in [0.2, 0.25) is 0 Å². The van der Waals surface area contributed by atoms with Gasteiger partial charge in [0.15, 0.2) is 5.82 Å². The zero-order valence-corrected chi connectivity index (χ0v) is 20.7. The van der Waals surface area contributed by atoms with Crippen LogP contribution in [0, 0.1) is 0 Å². The minimum Gasteiger partial charge on any atom is -0.290 e. The smallest absolute Gasteiger partial charge is 0.290 e. The number of imidazole rings is 1. The van der Waals surface area contributed by atoms with E-state index in [2.05, 4.69) is 46.5 Å². The average molecular weight is 484 g/mol. The highest BCUT2D eigenvalue weighted by Crippen LogP contribution is 2.29. The molecule has 0 radical (unpaired) electrons. The Hall–Kier alpha value is -4.34. The third-order valence-corrected chi connectivity index (χ3v) is 6.22. The van der Waals surface area contributed by atoms with Crippen LogP contribution < -0.4 is 5.69 Å². The molecule has 0 unspecified atom stereocenters. The maximum Gasteiger partial charge on any atom is 0.334 e. The summed E-state index contributed by atoms with van der Waals surface area (Å²) in [5, 5.41) is 18.7. The normalized spacial score (nSPS) is 11.4. The van der Waals surface area contributed by atoms with Crippen LogP contribution in [0.4, 0.5) is 0 Å². The van der Waals surface area contributed by atoms with E-state index >= 15 is 0 Å². The maximum absolute atomic E-state index is 13.5. The highest BCUT2D eigenvalue weighted by atomic mass is 16.1. The SMILES string of the molecule is CCCCc1cn(-c2ccnn2C(C)C)c(=O)n1Cc1ccc(-c2ccccc2-c2nnn[nH]2)cn1. The van der Waals surface area contributed by atoms with E-state index in [0.29, 0.717) is 12.4 Å². The Morgan fingerprint density at radius 3 is 2.58 bits per heavy atom. The fourth-order valence-corrected chi connectivity index (χ4v) is 4.37. The van der Waals surface area contributed by atoms with Crippen LogP contribution in [-0.4, -0.2) is 44.5 Å². The molecular formula is C26H29N9O. The Balaban J connectivity index is 1.47. The Bertz CT molecular complexity index is 1490. The summed E-state index contributed by atoms with van der Waals surface area (Å²) in [6.07, 6.45) is 8.40. The number of aromatic amines is 1. The number of pyridine rings is 1. The number of tetrazole rings is 1. The third-order valence-electron chi connectivity index (χ3n) is 6.22. The van der Waals surface area contributed by atoms with Crippen LogP contribution in [0.25, 0.3) is 28.3 Å². The second kappa shape index (κ2) is 10.1. The van der Waals surface area contributed by atoms with Crippen molar-refractivity contribution in [3.05, 3.63) is 82.9 Å². The number of benzene rings is 1. The minimum absolute atomic E-state index is 0.0856. The number of unbranched alkanes of at least 4 members (excludes halogenated alkanes) is 1. The quantitative estimate of drug-likeness (QED) is 0.338. The fraction of sp³-hybridized carbons (Fsp3) is 0.308. The van der Waals surface area contributed by atoms with Crippen molar-refractivity contribution in [3.8, 4) is 28.3 Å². The Labute approximate surface area is 208 Å². The zero-order chi connectivity index (χ0) is 25.1. The van der Waals surface area contributed by atoms with Crippen molar-refractivity contribution in [2.24, 2.45) is 0 Å². The second-order valence-electron chi connectivity index (χ2n) is 9.02. The van der Waals surface area contributed by atoms with Crippen molar-refractivity contribution in [2.45, 2.75) is 52.6 Å². The van der Waals surface area contributed by atoms with Gasteiger partial charge in [-0.25, -0.2) is 14.6 Å². The zero-order valence-electron chi connectivity index (χ0n) is 20.7. The number of aryl methyl sites for hydroxylation is 1. The van der Waals surface area contributed by atoms with E-state index in [0.717, 1.165) is 53.2 Å². The molecule has 0 aliphatic carbocycles. The van der Waals surface area contributed by atoms with E-state index in [1.165, 1.54) is 0 Å². The summed E-state index contributed by atoms with van der Waals surface area (Å²) in [5.74, 6) is 1.37. The molecule has 0 saturated heterocycles. The summed E-state index contributed by atoms with van der Waals surface area (Å²) in [4.78, 5) is 18.2. The number of nitrogens with zero attached hydrogens (tertiary/aromatic N) is 8. The number of H-pyrrole nitrogens is 1. The summed E-state index contributed by atoms with van der Waals surface area (Å²) >= 11 is 0. The van der Waals surface area contributed by atoms with Crippen molar-refractivity contribution in [3.63, 3.8) is 0 Å². The van der Waals surface area contributed by atoms with Crippen molar-refractivity contribution < 1.29 is 0 Å². The van der Waals surface area contributed by atoms with E-state index in [-0.39, 0.29) is 11.7 Å². The number of hydrogen-bond donors (Lipinski definition) is 1. The van der Waals surface area contributed by atoms with E-state index < -0.39 is 0 Å². The van der Waals surface area contributed by atoms with Gasteiger partial charge >= 0.3 is 5.69 Å². The predicted molar refractivity (Wildman–Crippen MR) is 137 cm³/mol. The van der Waals surface area contributed by atoms with Crippen molar-refractivity contribution >= 4 is 0 Å². The summed E-state index contributed by atoms with van der Waals surface area (Å²) in [7, 11) is 0. The molecule has 1 aromatic carbocycles. The lowest BCUT2D eigenvalue weighted by molar-refractivity contribution is 0.518. The summed E-state index contributed by atoms with van der Waals surface area (Å²) in [6.45, 7) is 6.66. The molecule has 5 rings (SSSR count). The summed E-state index contributed by atoms with van der Waals surface area (Å²) in [6, 6.07) is 13.9. The van der Waals surface area contributed by atoms with E-state index in [4.69, 9.17) is 4.98 Å². The van der Waals surface area contributed by atoms with Crippen molar-refractivity contribution in [2.75, 3.05) is 0 Å². The third kappa shape index (κ3) is 4.49. The molecule has 36 heavy (non-hydrogen) atoms. The molecule has 10 nitrogen and oxygen atoms in total. The Morgan fingerprint density at radius 2 is 1.89 bits per heavy atom. The van der Waals surface area contributed by atoms with Crippen LogP contribution in [0.5, 0.6) is 0 Å². The molecule has 0 bridgehead atoms. The van der Waals surface area contributed by atoms with Gasteiger partial charge in [-0.15, -0.1) is 5.10 Å². The molecule has 0 atom stereocenters. The van der Waals surface area contributed by atoms with Crippen molar-refractivity contribution in [1.82, 2.24) is 44.5 Å². The predicted octanol–water partition coefficient (Wildman–Crippen LogP) is 4.05. The highest BCUT2D eigenvalue weighted by molar-refractivity contribution is 5.79. The van der Waals surface area contributed by atoms with Gasteiger partial charge in [-0.1, -0.05) is 43.7 Å². The Morgan fingerprint density at radius 1 is 1.06 bits per heavy atom. The first-order valence-electron chi connectivity index (χ1n) is 12.2. The van der Waals surface area contributed by atoms with Gasteiger partial charge in [0, 0.05) is 41.3 Å². The molecule has 0 saturated carbocycles. The lowest BCUT2D eigenvalue weighted by atomic mass is 10.0.